The number of unbranched alkanes of at least 4 members (excludes halogenated alkanes) is 3. The molecule has 0 unspecified atom stereocenters. The summed E-state index contributed by atoms with van der Waals surface area (Å²) in [5.41, 5.74) is 5.07. The van der Waals surface area contributed by atoms with Crippen LogP contribution in [-0.4, -0.2) is 21.3 Å². The van der Waals surface area contributed by atoms with E-state index < -0.39 is 10.0 Å². The van der Waals surface area contributed by atoms with Gasteiger partial charge in [0, 0.05) is 39.4 Å². The first kappa shape index (κ1) is 31.3. The van der Waals surface area contributed by atoms with Gasteiger partial charge in [-0.3, -0.25) is 0 Å². The van der Waals surface area contributed by atoms with Gasteiger partial charge in [-0.25, -0.2) is 10.0 Å². The standard InChI is InChI=1S/C32H39NOS.C6H14/c1-6-13-30(25-14-9-8-10-15-25)34-31-22-29-27(21-32(31)35(23(3)4)18-11-12-19-35)26-20-24(5)16-17-28(26)33(29)7-2;1-3-5-6-4-2/h8-10,13-17,20-23H,6-7,11-12,18-19H2,1-5H3;3-6H2,1-2H3/b30-13-;. The fourth-order valence-electron chi connectivity index (χ4n) is 6.35. The number of nitrogens with zero attached hydrogens (tertiary/aromatic N) is 1. The molecule has 0 aliphatic carbocycles. The van der Waals surface area contributed by atoms with Gasteiger partial charge in [0.2, 0.25) is 0 Å². The van der Waals surface area contributed by atoms with Crippen LogP contribution in [-0.2, 0) is 6.54 Å². The van der Waals surface area contributed by atoms with Gasteiger partial charge in [-0.15, -0.1) is 0 Å². The number of allylic oxidation sites excluding steroid dienone is 1. The number of ether oxygens (including phenoxy) is 1. The second-order valence-electron chi connectivity index (χ2n) is 11.8. The van der Waals surface area contributed by atoms with E-state index in [-0.39, 0.29) is 0 Å². The molecule has 5 rings (SSSR count). The van der Waals surface area contributed by atoms with E-state index in [1.54, 1.807) is 0 Å². The lowest BCUT2D eigenvalue weighted by Crippen LogP contribution is -2.16. The average molecular weight is 572 g/mol. The van der Waals surface area contributed by atoms with Crippen LogP contribution in [0, 0.1) is 6.92 Å². The molecule has 0 atom stereocenters. The first-order valence-electron chi connectivity index (χ1n) is 16.2. The van der Waals surface area contributed by atoms with Crippen LogP contribution in [0.15, 0.2) is 71.6 Å². The van der Waals surface area contributed by atoms with E-state index in [1.807, 2.05) is 0 Å². The Morgan fingerprint density at radius 1 is 0.854 bits per heavy atom. The summed E-state index contributed by atoms with van der Waals surface area (Å²) in [5.74, 6) is 4.67. The summed E-state index contributed by atoms with van der Waals surface area (Å²) in [6, 6.07) is 22.4. The molecule has 222 valence electrons. The first-order valence-corrected chi connectivity index (χ1v) is 18.2. The van der Waals surface area contributed by atoms with Crippen LogP contribution in [0.25, 0.3) is 27.6 Å². The van der Waals surface area contributed by atoms with Gasteiger partial charge in [0.25, 0.3) is 0 Å². The first-order chi connectivity index (χ1) is 19.9. The molecular weight excluding hydrogens is 518 g/mol. The van der Waals surface area contributed by atoms with Crippen molar-refractivity contribution in [1.29, 1.82) is 0 Å². The molecule has 1 fully saturated rings. The van der Waals surface area contributed by atoms with Crippen LogP contribution in [0.2, 0.25) is 0 Å². The van der Waals surface area contributed by atoms with Crippen LogP contribution >= 0.6 is 10.0 Å². The maximum Gasteiger partial charge on any atom is 0.141 e. The molecule has 41 heavy (non-hydrogen) atoms. The van der Waals surface area contributed by atoms with Crippen molar-refractivity contribution in [3.63, 3.8) is 0 Å². The maximum absolute atomic E-state index is 6.96. The Morgan fingerprint density at radius 2 is 1.51 bits per heavy atom. The van der Waals surface area contributed by atoms with E-state index in [0.29, 0.717) is 5.25 Å². The van der Waals surface area contributed by atoms with E-state index >= 15 is 0 Å². The summed E-state index contributed by atoms with van der Waals surface area (Å²) in [6.45, 7) is 16.9. The third-order valence-electron chi connectivity index (χ3n) is 8.63. The van der Waals surface area contributed by atoms with Crippen molar-refractivity contribution in [2.75, 3.05) is 11.5 Å². The van der Waals surface area contributed by atoms with Crippen LogP contribution in [0.3, 0.4) is 0 Å². The molecule has 0 bridgehead atoms. The number of fused-ring (bicyclic) bond motifs is 3. The van der Waals surface area contributed by atoms with E-state index in [4.69, 9.17) is 4.74 Å². The number of benzene rings is 3. The van der Waals surface area contributed by atoms with Crippen molar-refractivity contribution in [2.24, 2.45) is 0 Å². The number of aryl methyl sites for hydroxylation is 2. The highest BCUT2D eigenvalue weighted by Crippen LogP contribution is 2.67. The zero-order valence-corrected chi connectivity index (χ0v) is 27.6. The van der Waals surface area contributed by atoms with Gasteiger partial charge in [-0.1, -0.05) is 102 Å². The molecule has 0 N–H and O–H groups in total. The third-order valence-corrected chi connectivity index (χ3v) is 13.7. The number of rotatable bonds is 10. The SMILES string of the molecule is CC/C=C(\Oc1cc2c(cc1S1(C(C)C)CCCC1)c1cc(C)ccc1n2CC)c1ccccc1.CCCCCC. The third kappa shape index (κ3) is 6.72. The van der Waals surface area contributed by atoms with Crippen LogP contribution < -0.4 is 4.74 Å². The van der Waals surface area contributed by atoms with Gasteiger partial charge in [0.1, 0.15) is 11.5 Å². The van der Waals surface area contributed by atoms with Gasteiger partial charge in [0.15, 0.2) is 0 Å². The molecule has 0 spiro atoms. The Balaban J connectivity index is 0.000000585. The van der Waals surface area contributed by atoms with Crippen molar-refractivity contribution < 1.29 is 4.74 Å². The quantitative estimate of drug-likeness (QED) is 0.136. The minimum absolute atomic E-state index is 0.640. The van der Waals surface area contributed by atoms with Crippen molar-refractivity contribution in [3.8, 4) is 5.75 Å². The maximum atomic E-state index is 6.96. The Morgan fingerprint density at radius 3 is 2.10 bits per heavy atom. The minimum atomic E-state index is -0.959. The highest BCUT2D eigenvalue weighted by molar-refractivity contribution is 8.34. The molecule has 3 heteroatoms. The monoisotopic (exact) mass is 571 g/mol. The minimum Gasteiger partial charge on any atom is -0.456 e. The summed E-state index contributed by atoms with van der Waals surface area (Å²) in [6.07, 6.45) is 11.4. The molecule has 1 aliphatic heterocycles. The van der Waals surface area contributed by atoms with Gasteiger partial charge >= 0.3 is 0 Å². The smallest absolute Gasteiger partial charge is 0.141 e. The number of aromatic nitrogens is 1. The van der Waals surface area contributed by atoms with Gasteiger partial charge in [0.05, 0.1) is 5.52 Å². The summed E-state index contributed by atoms with van der Waals surface area (Å²) in [5, 5.41) is 3.40. The number of hydrogen-bond donors (Lipinski definition) is 0. The van der Waals surface area contributed by atoms with Gasteiger partial charge in [-0.05, 0) is 74.1 Å². The second kappa shape index (κ2) is 14.5. The fraction of sp³-hybridized carbons (Fsp3) is 0.474. The molecule has 2 nitrogen and oxygen atoms in total. The van der Waals surface area contributed by atoms with Crippen LogP contribution in [0.4, 0.5) is 0 Å². The lowest BCUT2D eigenvalue weighted by Gasteiger charge is -2.41. The molecule has 2 heterocycles. The summed E-state index contributed by atoms with van der Waals surface area (Å²) in [4.78, 5) is 1.48. The highest BCUT2D eigenvalue weighted by atomic mass is 32.3. The summed E-state index contributed by atoms with van der Waals surface area (Å²) < 4.78 is 9.41. The topological polar surface area (TPSA) is 14.2 Å². The van der Waals surface area contributed by atoms with Crippen LogP contribution in [0.1, 0.15) is 97.6 Å². The lowest BCUT2D eigenvalue weighted by molar-refractivity contribution is 0.500. The van der Waals surface area contributed by atoms with E-state index in [1.165, 1.54) is 82.3 Å². The van der Waals surface area contributed by atoms with Crippen molar-refractivity contribution >= 4 is 37.6 Å². The van der Waals surface area contributed by atoms with E-state index in [2.05, 4.69) is 120 Å². The molecule has 0 saturated carbocycles. The van der Waals surface area contributed by atoms with Gasteiger partial charge in [-0.2, -0.15) is 0 Å². The molecule has 0 amide bonds. The predicted octanol–water partition coefficient (Wildman–Crippen LogP) is 11.9. The molecule has 4 aromatic rings. The van der Waals surface area contributed by atoms with E-state index in [9.17, 15) is 0 Å². The predicted molar refractivity (Wildman–Crippen MR) is 185 cm³/mol. The zero-order chi connectivity index (χ0) is 29.4. The molecule has 3 aromatic carbocycles. The number of hydrogen-bond acceptors (Lipinski definition) is 1. The Kier molecular flexibility index (Phi) is 11.1. The van der Waals surface area contributed by atoms with Crippen LogP contribution in [0.5, 0.6) is 5.75 Å². The summed E-state index contributed by atoms with van der Waals surface area (Å²) in [7, 11) is -0.959. The molecule has 1 aliphatic rings. The lowest BCUT2D eigenvalue weighted by atomic mass is 10.1. The van der Waals surface area contributed by atoms with Crippen molar-refractivity contribution in [2.45, 2.75) is 110 Å². The Hall–Kier alpha value is -2.65. The molecule has 0 radical (unpaired) electrons. The zero-order valence-electron chi connectivity index (χ0n) is 26.8. The fourth-order valence-corrected chi connectivity index (χ4v) is 10.7. The normalized spacial score (nSPS) is 15.8. The second-order valence-corrected chi connectivity index (χ2v) is 15.9. The molecule has 1 aromatic heterocycles. The Labute approximate surface area is 251 Å². The molecular formula is C38H53NOS. The molecule has 1 saturated heterocycles. The Bertz CT molecular complexity index is 1440. The summed E-state index contributed by atoms with van der Waals surface area (Å²) >= 11 is 0. The largest absolute Gasteiger partial charge is 0.456 e. The highest BCUT2D eigenvalue weighted by Gasteiger charge is 2.36. The average Bonchev–Trinajstić information content (AvgIpc) is 3.60. The van der Waals surface area contributed by atoms with Gasteiger partial charge < -0.3 is 9.30 Å². The van der Waals surface area contributed by atoms with E-state index in [0.717, 1.165) is 30.0 Å². The van der Waals surface area contributed by atoms with Crippen molar-refractivity contribution in [1.82, 2.24) is 4.57 Å². The van der Waals surface area contributed by atoms with Crippen molar-refractivity contribution in [3.05, 3.63) is 77.9 Å².